The number of halogens is 1. The third-order valence-corrected chi connectivity index (χ3v) is 5.96. The molecule has 28 heavy (non-hydrogen) atoms. The number of amides is 1. The Balaban J connectivity index is 1.78. The maximum absolute atomic E-state index is 13.1. The Morgan fingerprint density at radius 1 is 1.21 bits per heavy atom. The molecule has 0 radical (unpaired) electrons. The van der Waals surface area contributed by atoms with Crippen LogP contribution in [0.3, 0.4) is 0 Å². The summed E-state index contributed by atoms with van der Waals surface area (Å²) in [6.07, 6.45) is 0.150. The Bertz CT molecular complexity index is 1050. The maximum Gasteiger partial charge on any atom is 0.268 e. The van der Waals surface area contributed by atoms with Crippen LogP contribution in [0.4, 0.5) is 5.69 Å². The molecule has 0 bridgehead atoms. The molecule has 0 aliphatic carbocycles. The molecule has 2 aromatic carbocycles. The molecule has 144 valence electrons. The summed E-state index contributed by atoms with van der Waals surface area (Å²) in [6.45, 7) is 6.48. The monoisotopic (exact) mass is 412 g/mol. The molecule has 1 amide bonds. The van der Waals surface area contributed by atoms with E-state index in [9.17, 15) is 4.79 Å². The Hall–Kier alpha value is -2.37. The first-order valence-corrected chi connectivity index (χ1v) is 10.5. The fraction of sp³-hybridized carbons (Fsp3) is 0.273. The summed E-state index contributed by atoms with van der Waals surface area (Å²) >= 11 is 7.82. The van der Waals surface area contributed by atoms with E-state index < -0.39 is 6.10 Å². The van der Waals surface area contributed by atoms with Crippen LogP contribution in [-0.2, 0) is 11.3 Å². The van der Waals surface area contributed by atoms with Gasteiger partial charge in [0.2, 0.25) is 0 Å². The van der Waals surface area contributed by atoms with E-state index in [-0.39, 0.29) is 5.91 Å². The fourth-order valence-electron chi connectivity index (χ4n) is 3.51. The van der Waals surface area contributed by atoms with E-state index >= 15 is 0 Å². The van der Waals surface area contributed by atoms with Crippen LogP contribution >= 0.6 is 22.9 Å². The van der Waals surface area contributed by atoms with Crippen LogP contribution in [0.25, 0.3) is 11.3 Å². The summed E-state index contributed by atoms with van der Waals surface area (Å²) in [4.78, 5) is 20.7. The minimum Gasteiger partial charge on any atom is -0.478 e. The summed E-state index contributed by atoms with van der Waals surface area (Å²) in [5.41, 5.74) is 3.70. The lowest BCUT2D eigenvalue weighted by atomic mass is 10.1. The van der Waals surface area contributed by atoms with E-state index in [0.29, 0.717) is 18.0 Å². The van der Waals surface area contributed by atoms with Crippen molar-refractivity contribution in [3.05, 3.63) is 62.9 Å². The quantitative estimate of drug-likeness (QED) is 0.545. The molecular weight excluding hydrogens is 392 g/mol. The normalized spacial score (nSPS) is 16.1. The number of anilines is 1. The fourth-order valence-corrected chi connectivity index (χ4v) is 4.56. The molecule has 1 aromatic heterocycles. The highest BCUT2D eigenvalue weighted by molar-refractivity contribution is 7.11. The zero-order valence-electron chi connectivity index (χ0n) is 16.0. The summed E-state index contributed by atoms with van der Waals surface area (Å²) in [7, 11) is 0. The first-order valence-electron chi connectivity index (χ1n) is 9.27. The number of rotatable bonds is 4. The van der Waals surface area contributed by atoms with Crippen LogP contribution in [0.1, 0.15) is 28.8 Å². The molecule has 1 aliphatic heterocycles. The van der Waals surface area contributed by atoms with Crippen molar-refractivity contribution in [1.29, 1.82) is 0 Å². The topological polar surface area (TPSA) is 42.4 Å². The third kappa shape index (κ3) is 3.52. The second-order valence-corrected chi connectivity index (χ2v) is 8.73. The molecule has 4 nitrogen and oxygen atoms in total. The number of carbonyl (C=O) groups excluding carboxylic acids is 1. The minimum absolute atomic E-state index is 0.0293. The Morgan fingerprint density at radius 2 is 2.04 bits per heavy atom. The van der Waals surface area contributed by atoms with Crippen molar-refractivity contribution in [2.45, 2.75) is 39.8 Å². The standard InChI is InChI=1S/C22H21ClN2O2S/c1-4-19-22(26)25(12-15-6-5-7-17(23)10-15)18-11-16(8-9-20(18)27-19)21-13(2)28-14(3)24-21/h5-11,19H,4,12H2,1-3H3. The average molecular weight is 413 g/mol. The van der Waals surface area contributed by atoms with Crippen molar-refractivity contribution < 1.29 is 9.53 Å². The van der Waals surface area contributed by atoms with Gasteiger partial charge in [-0.25, -0.2) is 4.98 Å². The average Bonchev–Trinajstić information content (AvgIpc) is 3.01. The Labute approximate surface area is 173 Å². The first kappa shape index (κ1) is 19.0. The summed E-state index contributed by atoms with van der Waals surface area (Å²) in [5.74, 6) is 0.695. The molecule has 1 atom stereocenters. The van der Waals surface area contributed by atoms with Gasteiger partial charge in [0, 0.05) is 15.5 Å². The van der Waals surface area contributed by atoms with Crippen LogP contribution in [0.15, 0.2) is 42.5 Å². The molecule has 1 aliphatic rings. The Kier molecular flexibility index (Phi) is 5.13. The molecule has 4 rings (SSSR count). The predicted molar refractivity (Wildman–Crippen MR) is 114 cm³/mol. The second-order valence-electron chi connectivity index (χ2n) is 6.89. The Morgan fingerprint density at radius 3 is 2.71 bits per heavy atom. The van der Waals surface area contributed by atoms with E-state index in [4.69, 9.17) is 16.3 Å². The second kappa shape index (κ2) is 7.57. The minimum atomic E-state index is -0.471. The van der Waals surface area contributed by atoms with Gasteiger partial charge in [-0.3, -0.25) is 4.79 Å². The number of nitrogens with zero attached hydrogens (tertiary/aromatic N) is 2. The zero-order valence-corrected chi connectivity index (χ0v) is 17.6. The van der Waals surface area contributed by atoms with E-state index in [1.165, 1.54) is 0 Å². The van der Waals surface area contributed by atoms with Crippen LogP contribution in [0.5, 0.6) is 5.75 Å². The van der Waals surface area contributed by atoms with Crippen LogP contribution < -0.4 is 9.64 Å². The highest BCUT2D eigenvalue weighted by Gasteiger charge is 2.33. The lowest BCUT2D eigenvalue weighted by Crippen LogP contribution is -2.45. The van der Waals surface area contributed by atoms with Crippen LogP contribution in [0.2, 0.25) is 5.02 Å². The molecule has 3 aromatic rings. The first-order chi connectivity index (χ1) is 13.5. The van der Waals surface area contributed by atoms with Gasteiger partial charge in [-0.2, -0.15) is 0 Å². The predicted octanol–water partition coefficient (Wildman–Crippen LogP) is 5.78. The summed E-state index contributed by atoms with van der Waals surface area (Å²) < 4.78 is 5.98. The third-order valence-electron chi connectivity index (χ3n) is 4.84. The lowest BCUT2D eigenvalue weighted by Gasteiger charge is -2.34. The van der Waals surface area contributed by atoms with E-state index in [0.717, 1.165) is 38.1 Å². The number of carbonyl (C=O) groups is 1. The zero-order chi connectivity index (χ0) is 19.8. The number of aromatic nitrogens is 1. The van der Waals surface area contributed by atoms with Crippen molar-refractivity contribution in [1.82, 2.24) is 4.98 Å². The van der Waals surface area contributed by atoms with E-state index in [2.05, 4.69) is 11.9 Å². The number of fused-ring (bicyclic) bond motifs is 1. The van der Waals surface area contributed by atoms with Crippen LogP contribution in [-0.4, -0.2) is 17.0 Å². The molecule has 1 unspecified atom stereocenters. The van der Waals surface area contributed by atoms with Gasteiger partial charge in [0.25, 0.3) is 5.91 Å². The van der Waals surface area contributed by atoms with Gasteiger partial charge >= 0.3 is 0 Å². The molecule has 0 N–H and O–H groups in total. The molecular formula is C22H21ClN2O2S. The molecule has 0 saturated heterocycles. The molecule has 6 heteroatoms. The van der Waals surface area contributed by atoms with Crippen molar-refractivity contribution in [3.63, 3.8) is 0 Å². The number of aryl methyl sites for hydroxylation is 2. The van der Waals surface area contributed by atoms with E-state index in [1.54, 1.807) is 16.2 Å². The smallest absolute Gasteiger partial charge is 0.268 e. The van der Waals surface area contributed by atoms with Gasteiger partial charge in [-0.05, 0) is 56.2 Å². The van der Waals surface area contributed by atoms with Gasteiger partial charge in [0.05, 0.1) is 22.9 Å². The molecule has 0 saturated carbocycles. The van der Waals surface area contributed by atoms with E-state index in [1.807, 2.05) is 56.3 Å². The number of thiazole rings is 1. The van der Waals surface area contributed by atoms with Gasteiger partial charge in [-0.15, -0.1) is 11.3 Å². The number of benzene rings is 2. The summed E-state index contributed by atoms with van der Waals surface area (Å²) in [5, 5.41) is 1.69. The van der Waals surface area contributed by atoms with Crippen molar-refractivity contribution in [2.24, 2.45) is 0 Å². The molecule has 0 spiro atoms. The van der Waals surface area contributed by atoms with Crippen molar-refractivity contribution >= 4 is 34.5 Å². The molecule has 0 fully saturated rings. The van der Waals surface area contributed by atoms with Crippen LogP contribution in [0, 0.1) is 13.8 Å². The van der Waals surface area contributed by atoms with Gasteiger partial charge in [-0.1, -0.05) is 30.7 Å². The summed E-state index contributed by atoms with van der Waals surface area (Å²) in [6, 6.07) is 13.6. The highest BCUT2D eigenvalue weighted by atomic mass is 35.5. The van der Waals surface area contributed by atoms with Gasteiger partial charge in [0.1, 0.15) is 5.75 Å². The number of hydrogen-bond donors (Lipinski definition) is 0. The maximum atomic E-state index is 13.1. The van der Waals surface area contributed by atoms with Gasteiger partial charge in [0.15, 0.2) is 6.10 Å². The number of ether oxygens (including phenoxy) is 1. The SMILES string of the molecule is CCC1Oc2ccc(-c3nc(C)sc3C)cc2N(Cc2cccc(Cl)c2)C1=O. The largest absolute Gasteiger partial charge is 0.478 e. The molecule has 2 heterocycles. The lowest BCUT2D eigenvalue weighted by molar-refractivity contribution is -0.126. The van der Waals surface area contributed by atoms with Crippen molar-refractivity contribution in [3.8, 4) is 17.0 Å². The number of hydrogen-bond acceptors (Lipinski definition) is 4. The van der Waals surface area contributed by atoms with Gasteiger partial charge < -0.3 is 9.64 Å². The highest BCUT2D eigenvalue weighted by Crippen LogP contribution is 2.40. The van der Waals surface area contributed by atoms with Crippen molar-refractivity contribution in [2.75, 3.05) is 4.90 Å².